The normalized spacial score (nSPS) is 30.9. The molecule has 0 aromatic carbocycles. The number of sulfone groups is 1. The van der Waals surface area contributed by atoms with Crippen LogP contribution in [0.5, 0.6) is 0 Å². The average molecular weight is 272 g/mol. The molecule has 0 bridgehead atoms. The number of carbonyl (C=O) groups is 1. The van der Waals surface area contributed by atoms with Crippen LogP contribution in [0.3, 0.4) is 0 Å². The molecule has 2 atom stereocenters. The largest absolute Gasteiger partial charge is 0.353 e. The minimum atomic E-state index is -2.96. The van der Waals surface area contributed by atoms with E-state index < -0.39 is 9.84 Å². The summed E-state index contributed by atoms with van der Waals surface area (Å²) in [7, 11) is -2.96. The smallest absolute Gasteiger partial charge is 0.221 e. The summed E-state index contributed by atoms with van der Waals surface area (Å²) in [6, 6.07) is -0.0226. The first-order valence-corrected chi connectivity index (χ1v) is 8.25. The predicted octanol–water partition coefficient (Wildman–Crippen LogP) is -0.0120. The first kappa shape index (κ1) is 13.5. The lowest BCUT2D eigenvalue weighted by Crippen LogP contribution is -2.48. The zero-order valence-corrected chi connectivity index (χ0v) is 11.2. The Kier molecular flexibility index (Phi) is 4.40. The summed E-state index contributed by atoms with van der Waals surface area (Å²) >= 11 is 0. The Morgan fingerprint density at radius 3 is 2.89 bits per heavy atom. The van der Waals surface area contributed by atoms with Crippen LogP contribution >= 0.6 is 0 Å². The molecule has 18 heavy (non-hydrogen) atoms. The van der Waals surface area contributed by atoms with Crippen molar-refractivity contribution < 1.29 is 13.2 Å². The van der Waals surface area contributed by atoms with Crippen LogP contribution in [-0.4, -0.2) is 44.5 Å². The highest BCUT2D eigenvalue weighted by Gasteiger charge is 2.26. The van der Waals surface area contributed by atoms with Crippen molar-refractivity contribution in [1.82, 2.24) is 10.6 Å². The number of rotatable bonds is 3. The van der Waals surface area contributed by atoms with E-state index in [4.69, 9.17) is 0 Å². The van der Waals surface area contributed by atoms with Crippen molar-refractivity contribution in [2.75, 3.05) is 18.1 Å². The molecule has 0 spiro atoms. The summed E-state index contributed by atoms with van der Waals surface area (Å²) in [6.45, 7) is 0.451. The maximum absolute atomic E-state index is 11.8. The Bertz CT molecular complexity index is 431. The summed E-state index contributed by atoms with van der Waals surface area (Å²) in [4.78, 5) is 11.8. The highest BCUT2D eigenvalue weighted by atomic mass is 32.2. The van der Waals surface area contributed by atoms with Gasteiger partial charge in [-0.1, -0.05) is 12.2 Å². The second kappa shape index (κ2) is 5.84. The van der Waals surface area contributed by atoms with Crippen LogP contribution in [0.25, 0.3) is 0 Å². The van der Waals surface area contributed by atoms with E-state index in [9.17, 15) is 13.2 Å². The second-order valence-corrected chi connectivity index (χ2v) is 7.25. The fraction of sp³-hybridized carbons (Fsp3) is 0.750. The van der Waals surface area contributed by atoms with Crippen LogP contribution in [0.1, 0.15) is 25.7 Å². The van der Waals surface area contributed by atoms with Crippen molar-refractivity contribution in [1.29, 1.82) is 0 Å². The molecule has 1 fully saturated rings. The standard InChI is InChI=1S/C12H20N2O3S/c15-12(14-10-4-2-1-3-5-10)8-11-9-18(16,17)7-6-13-11/h1-2,10-11,13H,3-9H2,(H,14,15). The summed E-state index contributed by atoms with van der Waals surface area (Å²) < 4.78 is 22.9. The number of allylic oxidation sites excluding steroid dienone is 1. The molecule has 6 heteroatoms. The van der Waals surface area contributed by atoms with Crippen LogP contribution in [-0.2, 0) is 14.6 Å². The Morgan fingerprint density at radius 2 is 2.22 bits per heavy atom. The van der Waals surface area contributed by atoms with E-state index in [-0.39, 0.29) is 35.9 Å². The lowest BCUT2D eigenvalue weighted by molar-refractivity contribution is -0.122. The molecule has 0 saturated carbocycles. The van der Waals surface area contributed by atoms with E-state index in [1.54, 1.807) is 0 Å². The quantitative estimate of drug-likeness (QED) is 0.709. The molecule has 2 N–H and O–H groups in total. The Balaban J connectivity index is 1.78. The Labute approximate surface area is 108 Å². The molecule has 1 aliphatic heterocycles. The molecular formula is C12H20N2O3S. The number of hydrogen-bond donors (Lipinski definition) is 2. The monoisotopic (exact) mass is 272 g/mol. The van der Waals surface area contributed by atoms with Crippen LogP contribution in [0.15, 0.2) is 12.2 Å². The fourth-order valence-corrected chi connectivity index (χ4v) is 3.88. The van der Waals surface area contributed by atoms with Gasteiger partial charge < -0.3 is 10.6 Å². The van der Waals surface area contributed by atoms with E-state index in [1.807, 2.05) is 0 Å². The number of carbonyl (C=O) groups excluding carboxylic acids is 1. The molecule has 2 unspecified atom stereocenters. The molecule has 5 nitrogen and oxygen atoms in total. The van der Waals surface area contributed by atoms with Crippen molar-refractivity contribution in [3.63, 3.8) is 0 Å². The van der Waals surface area contributed by atoms with E-state index in [0.29, 0.717) is 6.54 Å². The van der Waals surface area contributed by atoms with Crippen LogP contribution < -0.4 is 10.6 Å². The van der Waals surface area contributed by atoms with Gasteiger partial charge in [-0.2, -0.15) is 0 Å². The van der Waals surface area contributed by atoms with Crippen molar-refractivity contribution in [2.24, 2.45) is 0 Å². The van der Waals surface area contributed by atoms with Gasteiger partial charge in [0.1, 0.15) is 0 Å². The predicted molar refractivity (Wildman–Crippen MR) is 70.0 cm³/mol. The van der Waals surface area contributed by atoms with Crippen LogP contribution in [0.4, 0.5) is 0 Å². The molecule has 0 aromatic rings. The molecule has 1 amide bonds. The van der Waals surface area contributed by atoms with Gasteiger partial charge in [0.15, 0.2) is 9.84 Å². The molecule has 2 rings (SSSR count). The molecule has 1 aliphatic carbocycles. The van der Waals surface area contributed by atoms with Gasteiger partial charge in [-0.3, -0.25) is 4.79 Å². The third kappa shape index (κ3) is 4.10. The van der Waals surface area contributed by atoms with Gasteiger partial charge in [0.05, 0.1) is 11.5 Å². The lowest BCUT2D eigenvalue weighted by atomic mass is 10.0. The second-order valence-electron chi connectivity index (χ2n) is 5.02. The highest BCUT2D eigenvalue weighted by Crippen LogP contribution is 2.11. The zero-order valence-electron chi connectivity index (χ0n) is 10.4. The summed E-state index contributed by atoms with van der Waals surface area (Å²) in [5.74, 6) is 0.202. The maximum atomic E-state index is 11.8. The first-order valence-electron chi connectivity index (χ1n) is 6.43. The molecule has 2 aliphatic rings. The molecule has 0 radical (unpaired) electrons. The van der Waals surface area contributed by atoms with Gasteiger partial charge in [-0.25, -0.2) is 8.42 Å². The van der Waals surface area contributed by atoms with Gasteiger partial charge >= 0.3 is 0 Å². The van der Waals surface area contributed by atoms with E-state index in [0.717, 1.165) is 19.3 Å². The average Bonchev–Trinajstić information content (AvgIpc) is 2.28. The molecule has 102 valence electrons. The van der Waals surface area contributed by atoms with Gasteiger partial charge in [0, 0.05) is 25.0 Å². The van der Waals surface area contributed by atoms with E-state index >= 15 is 0 Å². The lowest BCUT2D eigenvalue weighted by Gasteiger charge is -2.25. The minimum absolute atomic E-state index is 0.0510. The Morgan fingerprint density at radius 1 is 1.39 bits per heavy atom. The molecular weight excluding hydrogens is 252 g/mol. The van der Waals surface area contributed by atoms with Crippen molar-refractivity contribution in [3.8, 4) is 0 Å². The molecule has 1 heterocycles. The maximum Gasteiger partial charge on any atom is 0.221 e. The third-order valence-corrected chi connectivity index (χ3v) is 5.10. The number of amides is 1. The topological polar surface area (TPSA) is 75.3 Å². The van der Waals surface area contributed by atoms with Gasteiger partial charge in [-0.15, -0.1) is 0 Å². The summed E-state index contributed by atoms with van der Waals surface area (Å²) in [5.41, 5.74) is 0. The van der Waals surface area contributed by atoms with Gasteiger partial charge in [0.25, 0.3) is 0 Å². The number of hydrogen-bond acceptors (Lipinski definition) is 4. The highest BCUT2D eigenvalue weighted by molar-refractivity contribution is 7.91. The summed E-state index contributed by atoms with van der Waals surface area (Å²) in [5, 5.41) is 6.06. The van der Waals surface area contributed by atoms with Gasteiger partial charge in [-0.05, 0) is 19.3 Å². The van der Waals surface area contributed by atoms with Crippen molar-refractivity contribution >= 4 is 15.7 Å². The summed E-state index contributed by atoms with van der Waals surface area (Å²) in [6.07, 6.45) is 7.30. The van der Waals surface area contributed by atoms with Crippen molar-refractivity contribution in [3.05, 3.63) is 12.2 Å². The van der Waals surface area contributed by atoms with E-state index in [1.165, 1.54) is 0 Å². The molecule has 1 saturated heterocycles. The van der Waals surface area contributed by atoms with Crippen LogP contribution in [0, 0.1) is 0 Å². The van der Waals surface area contributed by atoms with Gasteiger partial charge in [0.2, 0.25) is 5.91 Å². The van der Waals surface area contributed by atoms with Crippen LogP contribution in [0.2, 0.25) is 0 Å². The number of nitrogens with one attached hydrogen (secondary N) is 2. The third-order valence-electron chi connectivity index (χ3n) is 3.37. The van der Waals surface area contributed by atoms with Crippen molar-refractivity contribution in [2.45, 2.75) is 37.8 Å². The Hall–Kier alpha value is -0.880. The van der Waals surface area contributed by atoms with E-state index in [2.05, 4.69) is 22.8 Å². The molecule has 0 aromatic heterocycles. The minimum Gasteiger partial charge on any atom is -0.353 e. The zero-order chi connectivity index (χ0) is 13.0. The SMILES string of the molecule is O=C(CC1CS(=O)(=O)CCN1)NC1CC=CCC1. The fourth-order valence-electron chi connectivity index (χ4n) is 2.43. The first-order chi connectivity index (χ1) is 8.55.